The fraction of sp³-hybridized carbons (Fsp3) is 0.185. The van der Waals surface area contributed by atoms with E-state index in [0.29, 0.717) is 46.5 Å². The number of amides is 2. The lowest BCUT2D eigenvalue weighted by Crippen LogP contribution is -2.12. The molecule has 2 amide bonds. The van der Waals surface area contributed by atoms with Gasteiger partial charge in [0.2, 0.25) is 11.0 Å². The number of carbonyl (C=O) groups excluding carboxylic acids is 2. The highest BCUT2D eigenvalue weighted by Crippen LogP contribution is 2.30. The first-order chi connectivity index (χ1) is 18.0. The number of aryl methyl sites for hydroxylation is 1. The zero-order valence-corrected chi connectivity index (χ0v) is 22.0. The molecular formula is C27H26N4O4S2. The average molecular weight is 535 g/mol. The van der Waals surface area contributed by atoms with Crippen molar-refractivity contribution in [1.29, 1.82) is 0 Å². The Morgan fingerprint density at radius 2 is 1.68 bits per heavy atom. The van der Waals surface area contributed by atoms with Crippen molar-refractivity contribution in [3.8, 4) is 11.5 Å². The Morgan fingerprint density at radius 1 is 0.892 bits per heavy atom. The second-order valence-electron chi connectivity index (χ2n) is 7.91. The molecule has 0 atom stereocenters. The Kier molecular flexibility index (Phi) is 9.12. The first-order valence-corrected chi connectivity index (χ1v) is 13.3. The molecule has 0 bridgehead atoms. The van der Waals surface area contributed by atoms with Gasteiger partial charge in [0, 0.05) is 23.8 Å². The summed E-state index contributed by atoms with van der Waals surface area (Å²) >= 11 is 2.86. The van der Waals surface area contributed by atoms with Crippen molar-refractivity contribution in [2.75, 3.05) is 24.9 Å². The van der Waals surface area contributed by atoms with Crippen LogP contribution in [0.25, 0.3) is 0 Å². The van der Waals surface area contributed by atoms with E-state index in [9.17, 15) is 9.59 Å². The third-order valence-electron chi connectivity index (χ3n) is 5.37. The van der Waals surface area contributed by atoms with Gasteiger partial charge in [-0.25, -0.2) is 0 Å². The second-order valence-corrected chi connectivity index (χ2v) is 10.1. The van der Waals surface area contributed by atoms with Gasteiger partial charge in [-0.2, -0.15) is 0 Å². The lowest BCUT2D eigenvalue weighted by atomic mass is 10.1. The molecule has 0 spiro atoms. The molecule has 37 heavy (non-hydrogen) atoms. The molecule has 4 rings (SSSR count). The molecule has 0 saturated carbocycles. The van der Waals surface area contributed by atoms with Crippen LogP contribution < -0.4 is 20.1 Å². The van der Waals surface area contributed by atoms with Gasteiger partial charge in [0.15, 0.2) is 4.34 Å². The van der Waals surface area contributed by atoms with Crippen molar-refractivity contribution in [1.82, 2.24) is 10.2 Å². The maximum absolute atomic E-state index is 12.7. The number of hydrogen-bond donors (Lipinski definition) is 2. The third-order valence-corrected chi connectivity index (χ3v) is 7.41. The molecule has 2 N–H and O–H groups in total. The summed E-state index contributed by atoms with van der Waals surface area (Å²) in [6.07, 6.45) is 1.06. The zero-order valence-electron chi connectivity index (χ0n) is 20.4. The fourth-order valence-electron chi connectivity index (χ4n) is 3.41. The summed E-state index contributed by atoms with van der Waals surface area (Å²) in [6.45, 7) is 0. The number of nitrogens with zero attached hydrogens (tertiary/aromatic N) is 2. The Hall–Kier alpha value is -3.89. The van der Waals surface area contributed by atoms with Crippen LogP contribution in [0.3, 0.4) is 0 Å². The number of thioether (sulfide) groups is 1. The van der Waals surface area contributed by atoms with Gasteiger partial charge in [-0.1, -0.05) is 65.6 Å². The van der Waals surface area contributed by atoms with Gasteiger partial charge in [-0.3, -0.25) is 9.59 Å². The number of aromatic nitrogens is 2. The molecule has 1 aromatic heterocycles. The van der Waals surface area contributed by atoms with E-state index in [1.165, 1.54) is 23.1 Å². The van der Waals surface area contributed by atoms with Crippen LogP contribution in [0.15, 0.2) is 77.1 Å². The zero-order chi connectivity index (χ0) is 26.0. The smallest absolute Gasteiger partial charge is 0.255 e. The normalized spacial score (nSPS) is 10.5. The number of methoxy groups -OCH3 is 2. The minimum atomic E-state index is -0.248. The number of benzene rings is 3. The maximum atomic E-state index is 12.7. The molecule has 0 aliphatic heterocycles. The van der Waals surface area contributed by atoms with E-state index in [1.807, 2.05) is 42.5 Å². The number of anilines is 2. The van der Waals surface area contributed by atoms with Crippen molar-refractivity contribution in [3.05, 3.63) is 89.5 Å². The Morgan fingerprint density at radius 3 is 2.41 bits per heavy atom. The summed E-state index contributed by atoms with van der Waals surface area (Å²) in [5, 5.41) is 14.4. The molecule has 190 valence electrons. The van der Waals surface area contributed by atoms with Crippen molar-refractivity contribution in [2.45, 2.75) is 22.9 Å². The van der Waals surface area contributed by atoms with Gasteiger partial charge in [-0.15, -0.1) is 10.2 Å². The molecule has 0 aliphatic rings. The first kappa shape index (κ1) is 26.2. The van der Waals surface area contributed by atoms with E-state index in [0.717, 1.165) is 15.5 Å². The quantitative estimate of drug-likeness (QED) is 0.189. The summed E-state index contributed by atoms with van der Waals surface area (Å²) in [5.41, 5.74) is 3.21. The van der Waals surface area contributed by atoms with Crippen LogP contribution in [0.4, 0.5) is 10.8 Å². The molecular weight excluding hydrogens is 508 g/mol. The molecule has 0 saturated heterocycles. The SMILES string of the molecule is COc1ccc(OC)c(NC(=O)c2ccc(CSc3nnc(NC(=O)CCc4ccccc4)s3)cc2)c1. The van der Waals surface area contributed by atoms with E-state index in [4.69, 9.17) is 9.47 Å². The first-order valence-electron chi connectivity index (χ1n) is 11.5. The van der Waals surface area contributed by atoms with Crippen LogP contribution in [0, 0.1) is 0 Å². The predicted octanol–water partition coefficient (Wildman–Crippen LogP) is 5.67. The van der Waals surface area contributed by atoms with Gasteiger partial charge in [0.25, 0.3) is 5.91 Å². The highest BCUT2D eigenvalue weighted by Gasteiger charge is 2.12. The summed E-state index contributed by atoms with van der Waals surface area (Å²) in [5.74, 6) is 1.49. The van der Waals surface area contributed by atoms with Crippen LogP contribution in [0.5, 0.6) is 11.5 Å². The Balaban J connectivity index is 1.26. The van der Waals surface area contributed by atoms with Gasteiger partial charge in [-0.05, 0) is 41.8 Å². The lowest BCUT2D eigenvalue weighted by molar-refractivity contribution is -0.116. The number of rotatable bonds is 11. The largest absolute Gasteiger partial charge is 0.497 e. The molecule has 0 fully saturated rings. The predicted molar refractivity (Wildman–Crippen MR) is 147 cm³/mol. The van der Waals surface area contributed by atoms with Crippen LogP contribution in [-0.2, 0) is 17.0 Å². The van der Waals surface area contributed by atoms with E-state index in [-0.39, 0.29) is 11.8 Å². The molecule has 0 aliphatic carbocycles. The monoisotopic (exact) mass is 534 g/mol. The minimum Gasteiger partial charge on any atom is -0.497 e. The Bertz CT molecular complexity index is 1340. The molecule has 10 heteroatoms. The van der Waals surface area contributed by atoms with Crippen LogP contribution >= 0.6 is 23.1 Å². The average Bonchev–Trinajstić information content (AvgIpc) is 3.38. The van der Waals surface area contributed by atoms with Gasteiger partial charge >= 0.3 is 0 Å². The van der Waals surface area contributed by atoms with Crippen LogP contribution in [0.1, 0.15) is 27.9 Å². The molecule has 1 heterocycles. The molecule has 4 aromatic rings. The fourth-order valence-corrected chi connectivity index (χ4v) is 5.13. The summed E-state index contributed by atoms with van der Waals surface area (Å²) in [7, 11) is 3.11. The van der Waals surface area contributed by atoms with Crippen LogP contribution in [0.2, 0.25) is 0 Å². The van der Waals surface area contributed by atoms with Crippen molar-refractivity contribution >= 4 is 45.7 Å². The van der Waals surface area contributed by atoms with E-state index >= 15 is 0 Å². The van der Waals surface area contributed by atoms with E-state index < -0.39 is 0 Å². The third kappa shape index (κ3) is 7.55. The lowest BCUT2D eigenvalue weighted by Gasteiger charge is -2.12. The minimum absolute atomic E-state index is 0.0861. The number of nitrogens with one attached hydrogen (secondary N) is 2. The van der Waals surface area contributed by atoms with Gasteiger partial charge in [0.1, 0.15) is 11.5 Å². The topological polar surface area (TPSA) is 102 Å². The number of hydrogen-bond acceptors (Lipinski definition) is 8. The molecule has 0 radical (unpaired) electrons. The second kappa shape index (κ2) is 12.9. The van der Waals surface area contributed by atoms with Crippen LogP contribution in [-0.4, -0.2) is 36.2 Å². The van der Waals surface area contributed by atoms with Crippen molar-refractivity contribution in [3.63, 3.8) is 0 Å². The highest BCUT2D eigenvalue weighted by atomic mass is 32.2. The summed E-state index contributed by atoms with van der Waals surface area (Å²) in [4.78, 5) is 24.9. The maximum Gasteiger partial charge on any atom is 0.255 e. The summed E-state index contributed by atoms with van der Waals surface area (Å²) < 4.78 is 11.3. The van der Waals surface area contributed by atoms with Crippen molar-refractivity contribution in [2.24, 2.45) is 0 Å². The molecule has 0 unspecified atom stereocenters. The number of ether oxygens (including phenoxy) is 2. The van der Waals surface area contributed by atoms with E-state index in [2.05, 4.69) is 20.8 Å². The van der Waals surface area contributed by atoms with Gasteiger partial charge in [0.05, 0.1) is 19.9 Å². The standard InChI is InChI=1S/C27H26N4O4S2/c1-34-21-13-14-23(35-2)22(16-21)28-25(33)20-11-8-19(9-12-20)17-36-27-31-30-26(37-27)29-24(32)15-10-18-6-4-3-5-7-18/h3-9,11-14,16H,10,15,17H2,1-2H3,(H,28,33)(H,29,30,32). The Labute approximate surface area is 223 Å². The highest BCUT2D eigenvalue weighted by molar-refractivity contribution is 8.00. The van der Waals surface area contributed by atoms with Gasteiger partial charge < -0.3 is 20.1 Å². The number of carbonyl (C=O) groups is 2. The summed E-state index contributed by atoms with van der Waals surface area (Å²) in [6, 6.07) is 22.5. The van der Waals surface area contributed by atoms with Crippen molar-refractivity contribution < 1.29 is 19.1 Å². The molecule has 3 aromatic carbocycles. The van der Waals surface area contributed by atoms with E-state index in [1.54, 1.807) is 44.6 Å². The molecule has 8 nitrogen and oxygen atoms in total.